The summed E-state index contributed by atoms with van der Waals surface area (Å²) in [6.45, 7) is 12.6. The number of nitrogens with zero attached hydrogens (tertiary/aromatic N) is 3. The van der Waals surface area contributed by atoms with Gasteiger partial charge >= 0.3 is 0 Å². The quantitative estimate of drug-likeness (QED) is 0.206. The third-order valence-electron chi connectivity index (χ3n) is 5.27. The number of hydrogen-bond acceptors (Lipinski definition) is 3. The Balaban J connectivity index is 0.00000420. The molecule has 1 saturated heterocycles. The van der Waals surface area contributed by atoms with Gasteiger partial charge in [0, 0.05) is 32.6 Å². The summed E-state index contributed by atoms with van der Waals surface area (Å²) in [6.07, 6.45) is 2.65. The minimum Gasteiger partial charge on any atom is -0.357 e. The van der Waals surface area contributed by atoms with Gasteiger partial charge in [0.1, 0.15) is 0 Å². The Kier molecular flexibility index (Phi) is 12.9. The van der Waals surface area contributed by atoms with E-state index in [0.717, 1.165) is 58.1 Å². The summed E-state index contributed by atoms with van der Waals surface area (Å²) in [5.41, 5.74) is 1.30. The highest BCUT2D eigenvalue weighted by Gasteiger charge is 2.19. The maximum atomic E-state index is 11.7. The third kappa shape index (κ3) is 8.50. The van der Waals surface area contributed by atoms with Crippen molar-refractivity contribution >= 4 is 35.8 Å². The van der Waals surface area contributed by atoms with Crippen molar-refractivity contribution in [3.8, 4) is 0 Å². The van der Waals surface area contributed by atoms with Crippen molar-refractivity contribution in [2.75, 3.05) is 45.8 Å². The van der Waals surface area contributed by atoms with Crippen LogP contribution in [-0.2, 0) is 4.79 Å². The van der Waals surface area contributed by atoms with Gasteiger partial charge in [-0.15, -0.1) is 24.0 Å². The molecule has 7 heteroatoms. The maximum absolute atomic E-state index is 11.7. The number of hydrogen-bond donors (Lipinski definition) is 2. The highest BCUT2D eigenvalue weighted by Crippen LogP contribution is 2.20. The Labute approximate surface area is 193 Å². The van der Waals surface area contributed by atoms with Gasteiger partial charge in [0.15, 0.2) is 5.96 Å². The summed E-state index contributed by atoms with van der Waals surface area (Å²) in [6, 6.07) is 10.9. The molecule has 0 aliphatic carbocycles. The van der Waals surface area contributed by atoms with Gasteiger partial charge < -0.3 is 15.5 Å². The van der Waals surface area contributed by atoms with E-state index in [1.165, 1.54) is 5.56 Å². The first-order valence-corrected chi connectivity index (χ1v) is 10.8. The van der Waals surface area contributed by atoms with Gasteiger partial charge in [0.25, 0.3) is 0 Å². The predicted molar refractivity (Wildman–Crippen MR) is 132 cm³/mol. The molecule has 29 heavy (non-hydrogen) atoms. The van der Waals surface area contributed by atoms with E-state index in [1.807, 2.05) is 4.90 Å². The molecule has 0 radical (unpaired) electrons. The van der Waals surface area contributed by atoms with Crippen LogP contribution < -0.4 is 10.6 Å². The second-order valence-corrected chi connectivity index (χ2v) is 7.13. The zero-order valence-electron chi connectivity index (χ0n) is 18.2. The van der Waals surface area contributed by atoms with Gasteiger partial charge in [-0.3, -0.25) is 14.7 Å². The Hall–Kier alpha value is -1.35. The van der Waals surface area contributed by atoms with Crippen molar-refractivity contribution in [1.82, 2.24) is 20.4 Å². The minimum atomic E-state index is 0. The number of carbonyl (C=O) groups is 1. The number of carbonyl (C=O) groups excluding carboxylic acids is 1. The molecular weight excluding hydrogens is 477 g/mol. The molecule has 1 aliphatic rings. The smallest absolute Gasteiger partial charge is 0.222 e. The number of nitrogens with one attached hydrogen (secondary N) is 2. The van der Waals surface area contributed by atoms with E-state index in [2.05, 4.69) is 66.6 Å². The molecular formula is C22H38IN5O. The number of amides is 1. The van der Waals surface area contributed by atoms with Crippen LogP contribution in [0.25, 0.3) is 0 Å². The highest BCUT2D eigenvalue weighted by atomic mass is 127. The molecule has 1 amide bonds. The standard InChI is InChI=1S/C22H37N5O.HI/c1-4-23-22(24-15-11-17-27-16-10-14-21(27)28)25-18-20(26(5-2)6-3)19-12-8-7-9-13-19;/h7-9,12-13,20H,4-6,10-11,14-18H2,1-3H3,(H2,23,24,25);1H. The fourth-order valence-electron chi connectivity index (χ4n) is 3.71. The zero-order chi connectivity index (χ0) is 20.2. The van der Waals surface area contributed by atoms with E-state index >= 15 is 0 Å². The molecule has 1 fully saturated rings. The minimum absolute atomic E-state index is 0. The van der Waals surface area contributed by atoms with Gasteiger partial charge in [0.05, 0.1) is 12.6 Å². The average molecular weight is 515 g/mol. The van der Waals surface area contributed by atoms with Crippen molar-refractivity contribution in [1.29, 1.82) is 0 Å². The molecule has 1 aromatic carbocycles. The van der Waals surface area contributed by atoms with Gasteiger partial charge in [-0.25, -0.2) is 0 Å². The van der Waals surface area contributed by atoms with Gasteiger partial charge in [-0.1, -0.05) is 44.2 Å². The van der Waals surface area contributed by atoms with Crippen LogP contribution in [0.4, 0.5) is 0 Å². The number of likely N-dealkylation sites (N-methyl/N-ethyl adjacent to an activating group) is 1. The topological polar surface area (TPSA) is 60.0 Å². The lowest BCUT2D eigenvalue weighted by Crippen LogP contribution is -2.40. The fourth-order valence-corrected chi connectivity index (χ4v) is 3.71. The van der Waals surface area contributed by atoms with E-state index in [-0.39, 0.29) is 30.0 Å². The van der Waals surface area contributed by atoms with E-state index in [9.17, 15) is 4.79 Å². The van der Waals surface area contributed by atoms with Crippen LogP contribution in [0.15, 0.2) is 35.3 Å². The summed E-state index contributed by atoms with van der Waals surface area (Å²) in [7, 11) is 0. The van der Waals surface area contributed by atoms with E-state index in [0.29, 0.717) is 18.9 Å². The van der Waals surface area contributed by atoms with E-state index in [1.54, 1.807) is 0 Å². The summed E-state index contributed by atoms with van der Waals surface area (Å²) in [5.74, 6) is 1.15. The summed E-state index contributed by atoms with van der Waals surface area (Å²) in [5, 5.41) is 6.77. The Morgan fingerprint density at radius 2 is 1.90 bits per heavy atom. The largest absolute Gasteiger partial charge is 0.357 e. The van der Waals surface area contributed by atoms with Crippen LogP contribution in [0.1, 0.15) is 51.6 Å². The molecule has 1 aliphatic heterocycles. The molecule has 0 spiro atoms. The molecule has 2 rings (SSSR count). The molecule has 1 heterocycles. The van der Waals surface area contributed by atoms with Crippen LogP contribution in [-0.4, -0.2) is 67.5 Å². The number of benzene rings is 1. The van der Waals surface area contributed by atoms with Crippen molar-refractivity contribution in [2.45, 2.75) is 46.1 Å². The van der Waals surface area contributed by atoms with Crippen molar-refractivity contribution in [3.05, 3.63) is 35.9 Å². The Bertz CT molecular complexity index is 606. The first kappa shape index (κ1) is 25.7. The Morgan fingerprint density at radius 1 is 1.17 bits per heavy atom. The van der Waals surface area contributed by atoms with Crippen LogP contribution in [0.2, 0.25) is 0 Å². The molecule has 164 valence electrons. The van der Waals surface area contributed by atoms with Crippen molar-refractivity contribution in [3.63, 3.8) is 0 Å². The first-order valence-electron chi connectivity index (χ1n) is 10.8. The third-order valence-corrected chi connectivity index (χ3v) is 5.27. The molecule has 0 saturated carbocycles. The van der Waals surface area contributed by atoms with Crippen molar-refractivity contribution < 1.29 is 4.79 Å². The number of rotatable bonds is 11. The number of likely N-dealkylation sites (tertiary alicyclic amines) is 1. The molecule has 6 nitrogen and oxygen atoms in total. The highest BCUT2D eigenvalue weighted by molar-refractivity contribution is 14.0. The van der Waals surface area contributed by atoms with Crippen LogP contribution >= 0.6 is 24.0 Å². The van der Waals surface area contributed by atoms with Crippen LogP contribution in [0, 0.1) is 0 Å². The molecule has 1 atom stereocenters. The maximum Gasteiger partial charge on any atom is 0.222 e. The fraction of sp³-hybridized carbons (Fsp3) is 0.636. The van der Waals surface area contributed by atoms with Crippen molar-refractivity contribution in [2.24, 2.45) is 4.99 Å². The summed E-state index contributed by atoms with van der Waals surface area (Å²) < 4.78 is 0. The predicted octanol–water partition coefficient (Wildman–Crippen LogP) is 3.26. The molecule has 1 aromatic rings. The monoisotopic (exact) mass is 515 g/mol. The molecule has 2 N–H and O–H groups in total. The molecule has 0 aromatic heterocycles. The normalized spacial score (nSPS) is 15.4. The number of guanidine groups is 1. The lowest BCUT2D eigenvalue weighted by atomic mass is 10.1. The second kappa shape index (κ2) is 14.6. The summed E-state index contributed by atoms with van der Waals surface area (Å²) >= 11 is 0. The lowest BCUT2D eigenvalue weighted by Gasteiger charge is -2.29. The van der Waals surface area contributed by atoms with E-state index in [4.69, 9.17) is 4.99 Å². The Morgan fingerprint density at radius 3 is 2.48 bits per heavy atom. The number of halogens is 1. The SMILES string of the molecule is CCNC(=NCC(c1ccccc1)N(CC)CC)NCCCN1CCCC1=O.I. The average Bonchev–Trinajstić information content (AvgIpc) is 3.13. The lowest BCUT2D eigenvalue weighted by molar-refractivity contribution is -0.127. The summed E-state index contributed by atoms with van der Waals surface area (Å²) in [4.78, 5) is 21.0. The van der Waals surface area contributed by atoms with Gasteiger partial charge in [-0.05, 0) is 38.4 Å². The van der Waals surface area contributed by atoms with Crippen LogP contribution in [0.5, 0.6) is 0 Å². The number of aliphatic imine (C=N–C) groups is 1. The van der Waals surface area contributed by atoms with Crippen LogP contribution in [0.3, 0.4) is 0 Å². The first-order chi connectivity index (χ1) is 13.7. The van der Waals surface area contributed by atoms with Gasteiger partial charge in [-0.2, -0.15) is 0 Å². The zero-order valence-corrected chi connectivity index (χ0v) is 20.5. The van der Waals surface area contributed by atoms with Gasteiger partial charge in [0.2, 0.25) is 5.91 Å². The molecule has 0 bridgehead atoms. The van der Waals surface area contributed by atoms with E-state index < -0.39 is 0 Å². The second-order valence-electron chi connectivity index (χ2n) is 7.13. The molecule has 1 unspecified atom stereocenters.